The molecule has 0 saturated carbocycles. The van der Waals surface area contributed by atoms with E-state index in [9.17, 15) is 9.90 Å². The predicted octanol–water partition coefficient (Wildman–Crippen LogP) is 1.01. The van der Waals surface area contributed by atoms with Crippen molar-refractivity contribution in [2.24, 2.45) is 5.92 Å². The normalized spacial score (nSPS) is 21.3. The van der Waals surface area contributed by atoms with Gasteiger partial charge in [-0.05, 0) is 12.0 Å². The number of aliphatic hydroxyl groups is 1. The van der Waals surface area contributed by atoms with Crippen molar-refractivity contribution in [2.75, 3.05) is 19.7 Å². The number of hydrogen-bond donors (Lipinski definition) is 2. The molecule has 1 fully saturated rings. The van der Waals surface area contributed by atoms with E-state index >= 15 is 0 Å². The molecule has 1 saturated heterocycles. The van der Waals surface area contributed by atoms with E-state index in [0.29, 0.717) is 13.0 Å². The zero-order chi connectivity index (χ0) is 15.1. The van der Waals surface area contributed by atoms with E-state index in [4.69, 9.17) is 6.42 Å². The molecule has 1 heterocycles. The summed E-state index contributed by atoms with van der Waals surface area (Å²) in [6.45, 7) is 2.22. The Morgan fingerprint density at radius 1 is 1.38 bits per heavy atom. The van der Waals surface area contributed by atoms with Crippen molar-refractivity contribution < 1.29 is 9.90 Å². The molecular weight excluding hydrogens is 264 g/mol. The van der Waals surface area contributed by atoms with Gasteiger partial charge in [0.1, 0.15) is 0 Å². The van der Waals surface area contributed by atoms with E-state index in [1.165, 1.54) is 5.56 Å². The quantitative estimate of drug-likeness (QED) is 0.736. The lowest BCUT2D eigenvalue weighted by Crippen LogP contribution is -2.39. The fourth-order valence-electron chi connectivity index (χ4n) is 2.80. The molecule has 1 amide bonds. The number of terminal acetylenes is 1. The summed E-state index contributed by atoms with van der Waals surface area (Å²) < 4.78 is 0. The van der Waals surface area contributed by atoms with Crippen LogP contribution < -0.4 is 5.32 Å². The van der Waals surface area contributed by atoms with Gasteiger partial charge in [-0.15, -0.1) is 12.3 Å². The van der Waals surface area contributed by atoms with Gasteiger partial charge in [0, 0.05) is 32.1 Å². The van der Waals surface area contributed by atoms with Crippen molar-refractivity contribution in [3.8, 4) is 12.3 Å². The van der Waals surface area contributed by atoms with Crippen molar-refractivity contribution in [1.82, 2.24) is 10.2 Å². The first-order valence-corrected chi connectivity index (χ1v) is 7.34. The average Bonchev–Trinajstić information content (AvgIpc) is 2.81. The highest BCUT2D eigenvalue weighted by molar-refractivity contribution is 5.81. The van der Waals surface area contributed by atoms with Crippen LogP contribution in [0.25, 0.3) is 0 Å². The molecular formula is C17H22N2O2. The number of benzene rings is 1. The van der Waals surface area contributed by atoms with Crippen LogP contribution >= 0.6 is 0 Å². The van der Waals surface area contributed by atoms with Crippen molar-refractivity contribution in [3.05, 3.63) is 35.9 Å². The Kier molecular flexibility index (Phi) is 5.79. The summed E-state index contributed by atoms with van der Waals surface area (Å²) in [6, 6.07) is 10.3. The van der Waals surface area contributed by atoms with E-state index in [1.54, 1.807) is 0 Å². The maximum Gasteiger partial charge on any atom is 0.224 e. The third kappa shape index (κ3) is 4.59. The number of carbonyl (C=O) groups excluding carboxylic acids is 1. The van der Waals surface area contributed by atoms with Gasteiger partial charge in [-0.1, -0.05) is 30.3 Å². The first-order valence-electron chi connectivity index (χ1n) is 7.34. The molecule has 2 rings (SSSR count). The van der Waals surface area contributed by atoms with E-state index in [2.05, 4.69) is 28.3 Å². The van der Waals surface area contributed by atoms with Crippen LogP contribution in [0.2, 0.25) is 0 Å². The second-order valence-corrected chi connectivity index (χ2v) is 5.49. The van der Waals surface area contributed by atoms with Crippen LogP contribution in [0.4, 0.5) is 0 Å². The summed E-state index contributed by atoms with van der Waals surface area (Å²) in [5.74, 6) is 2.56. The molecule has 2 N–H and O–H groups in total. The van der Waals surface area contributed by atoms with Gasteiger partial charge in [-0.25, -0.2) is 0 Å². The number of amides is 1. The molecule has 2 atom stereocenters. The predicted molar refractivity (Wildman–Crippen MR) is 82.3 cm³/mol. The van der Waals surface area contributed by atoms with Gasteiger partial charge >= 0.3 is 0 Å². The summed E-state index contributed by atoms with van der Waals surface area (Å²) in [5.41, 5.74) is 1.20. The van der Waals surface area contributed by atoms with E-state index in [-0.39, 0.29) is 24.5 Å². The molecule has 0 radical (unpaired) electrons. The molecule has 1 aromatic rings. The Bertz CT molecular complexity index is 495. The summed E-state index contributed by atoms with van der Waals surface area (Å²) >= 11 is 0. The minimum absolute atomic E-state index is 0.0570. The molecule has 0 spiro atoms. The number of nitrogens with one attached hydrogen (secondary N) is 1. The Morgan fingerprint density at radius 2 is 2.14 bits per heavy atom. The highest BCUT2D eigenvalue weighted by Gasteiger charge is 2.32. The fourth-order valence-corrected chi connectivity index (χ4v) is 2.80. The van der Waals surface area contributed by atoms with Crippen LogP contribution in [0, 0.1) is 18.3 Å². The van der Waals surface area contributed by atoms with Crippen LogP contribution in [0.5, 0.6) is 0 Å². The van der Waals surface area contributed by atoms with Crippen molar-refractivity contribution >= 4 is 5.91 Å². The molecule has 112 valence electrons. The SMILES string of the molecule is C#CCC1CC(CN(CCO)Cc2ccccc2)NC1=O. The first-order chi connectivity index (χ1) is 10.2. The van der Waals surface area contributed by atoms with Gasteiger partial charge in [0.05, 0.1) is 12.5 Å². The molecule has 4 heteroatoms. The molecule has 1 aliphatic heterocycles. The monoisotopic (exact) mass is 286 g/mol. The topological polar surface area (TPSA) is 52.6 Å². The number of rotatable bonds is 7. The standard InChI is InChI=1S/C17H22N2O2/c1-2-6-15-11-16(18-17(15)21)13-19(9-10-20)12-14-7-4-3-5-8-14/h1,3-5,7-8,15-16,20H,6,9-13H2,(H,18,21). The second-order valence-electron chi connectivity index (χ2n) is 5.49. The van der Waals surface area contributed by atoms with Gasteiger partial charge in [0.25, 0.3) is 0 Å². The summed E-state index contributed by atoms with van der Waals surface area (Å²) in [6.07, 6.45) is 6.57. The minimum atomic E-state index is -0.0623. The number of carbonyl (C=O) groups is 1. The van der Waals surface area contributed by atoms with Crippen molar-refractivity contribution in [1.29, 1.82) is 0 Å². The van der Waals surface area contributed by atoms with Crippen LogP contribution in [-0.4, -0.2) is 41.7 Å². The maximum atomic E-state index is 11.8. The molecule has 0 aliphatic carbocycles. The summed E-state index contributed by atoms with van der Waals surface area (Å²) in [5, 5.41) is 12.2. The third-order valence-electron chi connectivity index (χ3n) is 3.79. The number of aliphatic hydroxyl groups excluding tert-OH is 1. The first kappa shape index (κ1) is 15.6. The molecule has 21 heavy (non-hydrogen) atoms. The third-order valence-corrected chi connectivity index (χ3v) is 3.79. The van der Waals surface area contributed by atoms with Crippen molar-refractivity contribution in [3.63, 3.8) is 0 Å². The maximum absolute atomic E-state index is 11.8. The zero-order valence-electron chi connectivity index (χ0n) is 12.2. The van der Waals surface area contributed by atoms with Crippen LogP contribution in [-0.2, 0) is 11.3 Å². The zero-order valence-corrected chi connectivity index (χ0v) is 12.2. The Hall–Kier alpha value is -1.83. The van der Waals surface area contributed by atoms with Crippen molar-refractivity contribution in [2.45, 2.75) is 25.4 Å². The summed E-state index contributed by atoms with van der Waals surface area (Å²) in [7, 11) is 0. The van der Waals surface area contributed by atoms with Gasteiger partial charge in [-0.3, -0.25) is 9.69 Å². The largest absolute Gasteiger partial charge is 0.395 e. The minimum Gasteiger partial charge on any atom is -0.395 e. The van der Waals surface area contributed by atoms with E-state index in [1.807, 2.05) is 18.2 Å². The average molecular weight is 286 g/mol. The highest BCUT2D eigenvalue weighted by atomic mass is 16.3. The van der Waals surface area contributed by atoms with Crippen LogP contribution in [0.15, 0.2) is 30.3 Å². The van der Waals surface area contributed by atoms with Gasteiger partial charge in [-0.2, -0.15) is 0 Å². The molecule has 1 aromatic carbocycles. The Balaban J connectivity index is 1.91. The Morgan fingerprint density at radius 3 is 2.81 bits per heavy atom. The molecule has 1 aliphatic rings. The number of nitrogens with zero attached hydrogens (tertiary/aromatic N) is 1. The lowest BCUT2D eigenvalue weighted by atomic mass is 10.0. The fraction of sp³-hybridized carbons (Fsp3) is 0.471. The lowest BCUT2D eigenvalue weighted by molar-refractivity contribution is -0.122. The lowest BCUT2D eigenvalue weighted by Gasteiger charge is -2.24. The molecule has 0 bridgehead atoms. The molecule has 2 unspecified atom stereocenters. The van der Waals surface area contributed by atoms with Crippen LogP contribution in [0.1, 0.15) is 18.4 Å². The van der Waals surface area contributed by atoms with Gasteiger partial charge in [0.2, 0.25) is 5.91 Å². The van der Waals surface area contributed by atoms with Crippen LogP contribution in [0.3, 0.4) is 0 Å². The second kappa shape index (κ2) is 7.82. The van der Waals surface area contributed by atoms with E-state index < -0.39 is 0 Å². The van der Waals surface area contributed by atoms with Gasteiger partial charge in [0.15, 0.2) is 0 Å². The highest BCUT2D eigenvalue weighted by Crippen LogP contribution is 2.19. The number of hydrogen-bond acceptors (Lipinski definition) is 3. The summed E-state index contributed by atoms with van der Waals surface area (Å²) in [4.78, 5) is 14.0. The van der Waals surface area contributed by atoms with Gasteiger partial charge < -0.3 is 10.4 Å². The molecule has 0 aromatic heterocycles. The van der Waals surface area contributed by atoms with E-state index in [0.717, 1.165) is 19.5 Å². The molecule has 4 nitrogen and oxygen atoms in total. The smallest absolute Gasteiger partial charge is 0.224 e. The Labute approximate surface area is 126 Å².